The van der Waals surface area contributed by atoms with Gasteiger partial charge in [0.15, 0.2) is 6.04 Å². The largest absolute Gasteiger partial charge is 0.480 e. The molecule has 1 saturated heterocycles. The van der Waals surface area contributed by atoms with Gasteiger partial charge >= 0.3 is 5.97 Å². The Morgan fingerprint density at radius 2 is 2.00 bits per heavy atom. The molecule has 5 nitrogen and oxygen atoms in total. The van der Waals surface area contributed by atoms with Gasteiger partial charge in [0.1, 0.15) is 0 Å². The molecule has 124 valence electrons. The van der Waals surface area contributed by atoms with Crippen molar-refractivity contribution >= 4 is 35.4 Å². The molecule has 1 unspecified atom stereocenters. The molecule has 0 aromatic heterocycles. The summed E-state index contributed by atoms with van der Waals surface area (Å²) in [5.74, 6) is 0.737. The highest BCUT2D eigenvalue weighted by atomic mass is 32.2. The van der Waals surface area contributed by atoms with Crippen LogP contribution in [-0.4, -0.2) is 47.7 Å². The molecule has 0 saturated carbocycles. The summed E-state index contributed by atoms with van der Waals surface area (Å²) in [5, 5.41) is 11.6. The number of carboxylic acid groups (broad SMARTS) is 1. The SMILES string of the molecule is C=CCOCC(NC(=O)c1ccc(C2SCCS2)cc1)C(=O)O. The molecular weight excluding hydrogens is 334 g/mol. The van der Waals surface area contributed by atoms with Crippen molar-refractivity contribution in [2.75, 3.05) is 24.7 Å². The topological polar surface area (TPSA) is 75.6 Å². The van der Waals surface area contributed by atoms with E-state index in [1.807, 2.05) is 35.7 Å². The molecule has 1 aromatic carbocycles. The molecule has 0 spiro atoms. The first-order valence-corrected chi connectivity index (χ1v) is 9.27. The number of benzene rings is 1. The number of amides is 1. The van der Waals surface area contributed by atoms with E-state index in [2.05, 4.69) is 11.9 Å². The first-order chi connectivity index (χ1) is 11.1. The van der Waals surface area contributed by atoms with E-state index in [4.69, 9.17) is 9.84 Å². The smallest absolute Gasteiger partial charge is 0.328 e. The minimum atomic E-state index is -1.13. The van der Waals surface area contributed by atoms with Crippen LogP contribution >= 0.6 is 23.5 Å². The van der Waals surface area contributed by atoms with Crippen LogP contribution in [0.1, 0.15) is 20.5 Å². The number of hydrogen-bond donors (Lipinski definition) is 2. The molecule has 0 bridgehead atoms. The molecule has 2 rings (SSSR count). The predicted octanol–water partition coefficient (Wildman–Crippen LogP) is 2.55. The molecule has 1 atom stereocenters. The van der Waals surface area contributed by atoms with Crippen LogP contribution in [0.2, 0.25) is 0 Å². The van der Waals surface area contributed by atoms with E-state index in [0.717, 1.165) is 11.5 Å². The minimum Gasteiger partial charge on any atom is -0.480 e. The molecule has 23 heavy (non-hydrogen) atoms. The average Bonchev–Trinajstić information content (AvgIpc) is 3.08. The second-order valence-electron chi connectivity index (χ2n) is 4.89. The summed E-state index contributed by atoms with van der Waals surface area (Å²) in [5.41, 5.74) is 1.62. The first kappa shape index (κ1) is 17.9. The highest BCUT2D eigenvalue weighted by Gasteiger charge is 2.22. The van der Waals surface area contributed by atoms with Gasteiger partial charge in [0.05, 0.1) is 17.8 Å². The number of carbonyl (C=O) groups excluding carboxylic acids is 1. The van der Waals surface area contributed by atoms with Crippen molar-refractivity contribution in [2.24, 2.45) is 0 Å². The molecular formula is C16H19NO4S2. The third-order valence-corrected chi connectivity index (χ3v) is 6.29. The summed E-state index contributed by atoms with van der Waals surface area (Å²) in [6.07, 6.45) is 1.53. The van der Waals surface area contributed by atoms with E-state index < -0.39 is 17.9 Å². The van der Waals surface area contributed by atoms with E-state index >= 15 is 0 Å². The van der Waals surface area contributed by atoms with Gasteiger partial charge in [0, 0.05) is 17.1 Å². The van der Waals surface area contributed by atoms with Gasteiger partial charge in [-0.1, -0.05) is 18.2 Å². The summed E-state index contributed by atoms with van der Waals surface area (Å²) in [6.45, 7) is 3.63. The van der Waals surface area contributed by atoms with Crippen LogP contribution in [0.25, 0.3) is 0 Å². The standard InChI is InChI=1S/C16H19NO4S2/c1-2-7-21-10-13(15(19)20)17-14(18)11-3-5-12(6-4-11)16-22-8-9-23-16/h2-6,13,16H,1,7-10H2,(H,17,18)(H,19,20). The zero-order valence-electron chi connectivity index (χ0n) is 12.6. The van der Waals surface area contributed by atoms with Crippen molar-refractivity contribution < 1.29 is 19.4 Å². The zero-order valence-corrected chi connectivity index (χ0v) is 14.2. The van der Waals surface area contributed by atoms with Gasteiger partial charge in [-0.05, 0) is 17.7 Å². The van der Waals surface area contributed by atoms with Gasteiger partial charge in [-0.15, -0.1) is 30.1 Å². The number of carbonyl (C=O) groups is 2. The number of thioether (sulfide) groups is 2. The van der Waals surface area contributed by atoms with Crippen molar-refractivity contribution in [3.63, 3.8) is 0 Å². The normalized spacial score (nSPS) is 16.0. The van der Waals surface area contributed by atoms with Gasteiger partial charge in [-0.25, -0.2) is 4.79 Å². The number of ether oxygens (including phenoxy) is 1. The Hall–Kier alpha value is -1.44. The van der Waals surface area contributed by atoms with E-state index in [-0.39, 0.29) is 13.2 Å². The first-order valence-electron chi connectivity index (χ1n) is 7.17. The Balaban J connectivity index is 1.95. The fourth-order valence-corrected chi connectivity index (χ4v) is 4.89. The summed E-state index contributed by atoms with van der Waals surface area (Å²) < 4.78 is 5.53. The van der Waals surface area contributed by atoms with Gasteiger partial charge < -0.3 is 15.2 Å². The van der Waals surface area contributed by atoms with Gasteiger partial charge in [-0.3, -0.25) is 4.79 Å². The molecule has 1 aliphatic rings. The van der Waals surface area contributed by atoms with Crippen LogP contribution in [0, 0.1) is 0 Å². The Labute approximate surface area is 143 Å². The van der Waals surface area contributed by atoms with Crippen molar-refractivity contribution in [3.8, 4) is 0 Å². The summed E-state index contributed by atoms with van der Waals surface area (Å²) >= 11 is 3.79. The number of carboxylic acids is 1. The van der Waals surface area contributed by atoms with E-state index in [1.54, 1.807) is 12.1 Å². The average molecular weight is 353 g/mol. The maximum absolute atomic E-state index is 12.2. The van der Waals surface area contributed by atoms with Gasteiger partial charge in [0.25, 0.3) is 5.91 Å². The van der Waals surface area contributed by atoms with Crippen molar-refractivity contribution in [1.82, 2.24) is 5.32 Å². The zero-order chi connectivity index (χ0) is 16.7. The maximum Gasteiger partial charge on any atom is 0.328 e. The van der Waals surface area contributed by atoms with Crippen LogP contribution in [0.3, 0.4) is 0 Å². The lowest BCUT2D eigenvalue weighted by Gasteiger charge is -2.15. The molecule has 1 aliphatic heterocycles. The maximum atomic E-state index is 12.2. The molecule has 7 heteroatoms. The summed E-state index contributed by atoms with van der Waals surface area (Å²) in [7, 11) is 0. The Morgan fingerprint density at radius 1 is 1.35 bits per heavy atom. The van der Waals surface area contributed by atoms with Crippen LogP contribution in [-0.2, 0) is 9.53 Å². The predicted molar refractivity (Wildman–Crippen MR) is 94.0 cm³/mol. The summed E-state index contributed by atoms with van der Waals surface area (Å²) in [4.78, 5) is 23.3. The third kappa shape index (κ3) is 5.30. The number of nitrogens with one attached hydrogen (secondary N) is 1. The monoisotopic (exact) mass is 353 g/mol. The molecule has 0 aliphatic carbocycles. The second kappa shape index (κ2) is 9.00. The number of hydrogen-bond acceptors (Lipinski definition) is 5. The summed E-state index contributed by atoms with van der Waals surface area (Å²) in [6, 6.07) is 6.23. The van der Waals surface area contributed by atoms with Crippen molar-refractivity contribution in [1.29, 1.82) is 0 Å². The van der Waals surface area contributed by atoms with Crippen LogP contribution in [0.15, 0.2) is 36.9 Å². The highest BCUT2D eigenvalue weighted by Crippen LogP contribution is 2.45. The molecule has 1 fully saturated rings. The van der Waals surface area contributed by atoms with Crippen LogP contribution in [0.4, 0.5) is 0 Å². The lowest BCUT2D eigenvalue weighted by Crippen LogP contribution is -2.44. The lowest BCUT2D eigenvalue weighted by molar-refractivity contribution is -0.140. The number of aliphatic carboxylic acids is 1. The van der Waals surface area contributed by atoms with Gasteiger partial charge in [-0.2, -0.15) is 0 Å². The molecule has 0 radical (unpaired) electrons. The Bertz CT molecular complexity index is 556. The number of rotatable bonds is 8. The molecule has 2 N–H and O–H groups in total. The van der Waals surface area contributed by atoms with Crippen LogP contribution in [0.5, 0.6) is 0 Å². The second-order valence-corrected chi connectivity index (χ2v) is 7.61. The van der Waals surface area contributed by atoms with Crippen molar-refractivity contribution in [2.45, 2.75) is 10.6 Å². The highest BCUT2D eigenvalue weighted by molar-refractivity contribution is 8.19. The minimum absolute atomic E-state index is 0.0967. The Kier molecular flexibility index (Phi) is 7.01. The van der Waals surface area contributed by atoms with E-state index in [0.29, 0.717) is 10.1 Å². The van der Waals surface area contributed by atoms with E-state index in [9.17, 15) is 9.59 Å². The lowest BCUT2D eigenvalue weighted by atomic mass is 10.1. The van der Waals surface area contributed by atoms with Crippen molar-refractivity contribution in [3.05, 3.63) is 48.0 Å². The van der Waals surface area contributed by atoms with E-state index in [1.165, 1.54) is 11.6 Å². The fraction of sp³-hybridized carbons (Fsp3) is 0.375. The third-order valence-electron chi connectivity index (χ3n) is 3.19. The fourth-order valence-electron chi connectivity index (χ4n) is 2.03. The molecule has 1 heterocycles. The van der Waals surface area contributed by atoms with Crippen LogP contribution < -0.4 is 5.32 Å². The molecule has 1 aromatic rings. The quantitative estimate of drug-likeness (QED) is 0.553. The molecule has 1 amide bonds. The Morgan fingerprint density at radius 3 is 2.57 bits per heavy atom. The van der Waals surface area contributed by atoms with Gasteiger partial charge in [0.2, 0.25) is 0 Å².